The van der Waals surface area contributed by atoms with Crippen LogP contribution in [0, 0.1) is 17.6 Å². The van der Waals surface area contributed by atoms with Gasteiger partial charge in [0.15, 0.2) is 11.6 Å². The van der Waals surface area contributed by atoms with Crippen molar-refractivity contribution in [3.63, 3.8) is 0 Å². The zero-order valence-corrected chi connectivity index (χ0v) is 9.74. The third kappa shape index (κ3) is 4.12. The fourth-order valence-electron chi connectivity index (χ4n) is 1.49. The van der Waals surface area contributed by atoms with Crippen molar-refractivity contribution in [3.05, 3.63) is 29.8 Å². The number of hydrogen-bond acceptors (Lipinski definition) is 2. The zero-order chi connectivity index (χ0) is 13.7. The molecule has 0 aliphatic carbocycles. The van der Waals surface area contributed by atoms with Crippen LogP contribution >= 0.6 is 0 Å². The van der Waals surface area contributed by atoms with E-state index in [1.54, 1.807) is 6.92 Å². The predicted octanol–water partition coefficient (Wildman–Crippen LogP) is 2.40. The van der Waals surface area contributed by atoms with Gasteiger partial charge < -0.3 is 10.4 Å². The zero-order valence-electron chi connectivity index (χ0n) is 9.74. The highest BCUT2D eigenvalue weighted by Crippen LogP contribution is 2.17. The Morgan fingerprint density at radius 1 is 1.33 bits per heavy atom. The molecule has 0 aliphatic heterocycles. The Morgan fingerprint density at radius 3 is 2.61 bits per heavy atom. The van der Waals surface area contributed by atoms with Gasteiger partial charge >= 0.3 is 5.97 Å². The van der Waals surface area contributed by atoms with E-state index in [0.29, 0.717) is 0 Å². The fourth-order valence-corrected chi connectivity index (χ4v) is 1.49. The maximum Gasteiger partial charge on any atom is 0.303 e. The quantitative estimate of drug-likeness (QED) is 0.851. The second-order valence-electron chi connectivity index (χ2n) is 4.06. The Morgan fingerprint density at radius 2 is 2.00 bits per heavy atom. The number of aliphatic carboxylic acids is 1. The minimum absolute atomic E-state index is 0.0672. The smallest absolute Gasteiger partial charge is 0.303 e. The van der Waals surface area contributed by atoms with E-state index in [1.165, 1.54) is 12.1 Å². The molecule has 1 atom stereocenters. The molecule has 1 aromatic rings. The summed E-state index contributed by atoms with van der Waals surface area (Å²) < 4.78 is 26.1. The number of carboxylic acid groups (broad SMARTS) is 1. The highest BCUT2D eigenvalue weighted by atomic mass is 19.2. The Kier molecular flexibility index (Phi) is 4.76. The largest absolute Gasteiger partial charge is 0.481 e. The molecule has 0 heterocycles. The summed E-state index contributed by atoms with van der Waals surface area (Å²) in [6, 6.07) is 3.45. The minimum atomic E-state index is -1.13. The topological polar surface area (TPSA) is 66.4 Å². The molecule has 0 bridgehead atoms. The van der Waals surface area contributed by atoms with Crippen molar-refractivity contribution in [2.24, 2.45) is 5.92 Å². The molecule has 1 amide bonds. The normalized spacial score (nSPS) is 11.9. The van der Waals surface area contributed by atoms with Gasteiger partial charge in [0.2, 0.25) is 5.91 Å². The molecule has 0 saturated heterocycles. The van der Waals surface area contributed by atoms with Crippen LogP contribution in [0.3, 0.4) is 0 Å². The molecular weight excluding hydrogens is 244 g/mol. The van der Waals surface area contributed by atoms with Gasteiger partial charge in [-0.2, -0.15) is 0 Å². The number of benzene rings is 1. The molecule has 2 N–H and O–H groups in total. The van der Waals surface area contributed by atoms with Crippen molar-refractivity contribution in [3.8, 4) is 0 Å². The summed E-state index contributed by atoms with van der Waals surface area (Å²) in [6.07, 6.45) is -0.221. The SMILES string of the molecule is CC(CC(=O)O)CC(=O)Nc1cccc(F)c1F. The highest BCUT2D eigenvalue weighted by molar-refractivity contribution is 5.91. The van der Waals surface area contributed by atoms with Gasteiger partial charge in [-0.15, -0.1) is 0 Å². The standard InChI is InChI=1S/C12H13F2NO3/c1-7(6-11(17)18)5-10(16)15-9-4-2-3-8(13)12(9)14/h2-4,7H,5-6H2,1H3,(H,15,16)(H,17,18). The summed E-state index contributed by atoms with van der Waals surface area (Å²) in [5.41, 5.74) is -0.248. The van der Waals surface area contributed by atoms with Crippen LogP contribution in [-0.4, -0.2) is 17.0 Å². The molecule has 0 aliphatic rings. The molecule has 0 spiro atoms. The van der Waals surface area contributed by atoms with E-state index in [-0.39, 0.29) is 24.4 Å². The summed E-state index contributed by atoms with van der Waals surface area (Å²) in [6.45, 7) is 1.59. The number of carboxylic acids is 1. The Bertz CT molecular complexity index is 463. The van der Waals surface area contributed by atoms with Crippen molar-refractivity contribution >= 4 is 17.6 Å². The van der Waals surface area contributed by atoms with Crippen molar-refractivity contribution in [1.82, 2.24) is 0 Å². The molecule has 1 rings (SSSR count). The maximum absolute atomic E-state index is 13.2. The average molecular weight is 257 g/mol. The molecule has 0 saturated carbocycles. The first-order valence-electron chi connectivity index (χ1n) is 5.35. The van der Waals surface area contributed by atoms with Gasteiger partial charge in [0.1, 0.15) is 0 Å². The molecule has 1 unspecified atom stereocenters. The van der Waals surface area contributed by atoms with Gasteiger partial charge in [-0.25, -0.2) is 8.78 Å². The second-order valence-corrected chi connectivity index (χ2v) is 4.06. The number of carbonyl (C=O) groups is 2. The van der Waals surface area contributed by atoms with Gasteiger partial charge in [0.05, 0.1) is 5.69 Å². The maximum atomic E-state index is 13.2. The lowest BCUT2D eigenvalue weighted by molar-refractivity contribution is -0.138. The molecule has 6 heteroatoms. The van der Waals surface area contributed by atoms with E-state index in [9.17, 15) is 18.4 Å². The van der Waals surface area contributed by atoms with Gasteiger partial charge in [0, 0.05) is 12.8 Å². The molecule has 0 aromatic heterocycles. The third-order valence-electron chi connectivity index (χ3n) is 2.28. The Hall–Kier alpha value is -1.98. The molecule has 1 aromatic carbocycles. The fraction of sp³-hybridized carbons (Fsp3) is 0.333. The first kappa shape index (κ1) is 14.1. The minimum Gasteiger partial charge on any atom is -0.481 e. The van der Waals surface area contributed by atoms with Gasteiger partial charge in [-0.05, 0) is 18.1 Å². The second kappa shape index (κ2) is 6.09. The van der Waals surface area contributed by atoms with Gasteiger partial charge in [0.25, 0.3) is 0 Å². The number of carbonyl (C=O) groups excluding carboxylic acids is 1. The van der Waals surface area contributed by atoms with Crippen LogP contribution in [0.4, 0.5) is 14.5 Å². The summed E-state index contributed by atoms with van der Waals surface area (Å²) in [4.78, 5) is 21.9. The van der Waals surface area contributed by atoms with E-state index in [4.69, 9.17) is 5.11 Å². The van der Waals surface area contributed by atoms with Crippen molar-refractivity contribution in [1.29, 1.82) is 0 Å². The number of halogens is 2. The van der Waals surface area contributed by atoms with Crippen molar-refractivity contribution < 1.29 is 23.5 Å². The molecule has 0 radical (unpaired) electrons. The molecular formula is C12H13F2NO3. The van der Waals surface area contributed by atoms with Crippen LogP contribution in [-0.2, 0) is 9.59 Å². The van der Waals surface area contributed by atoms with Crippen LogP contribution in [0.15, 0.2) is 18.2 Å². The summed E-state index contributed by atoms with van der Waals surface area (Å²) in [5, 5.41) is 10.7. The van der Waals surface area contributed by atoms with Crippen LogP contribution in [0.5, 0.6) is 0 Å². The van der Waals surface area contributed by atoms with E-state index in [1.807, 2.05) is 0 Å². The molecule has 0 fully saturated rings. The van der Waals surface area contributed by atoms with Crippen molar-refractivity contribution in [2.45, 2.75) is 19.8 Å². The van der Waals surface area contributed by atoms with Crippen LogP contribution in [0.25, 0.3) is 0 Å². The predicted molar refractivity (Wildman–Crippen MR) is 61.0 cm³/mol. The lowest BCUT2D eigenvalue weighted by Crippen LogP contribution is -2.17. The van der Waals surface area contributed by atoms with Crippen LogP contribution in [0.1, 0.15) is 19.8 Å². The van der Waals surface area contributed by atoms with Crippen LogP contribution < -0.4 is 5.32 Å². The summed E-state index contributed by atoms with van der Waals surface area (Å²) in [5.74, 6) is -4.11. The monoisotopic (exact) mass is 257 g/mol. The first-order chi connectivity index (χ1) is 8.40. The first-order valence-corrected chi connectivity index (χ1v) is 5.35. The van der Waals surface area contributed by atoms with E-state index < -0.39 is 23.5 Å². The van der Waals surface area contributed by atoms with E-state index in [2.05, 4.69) is 5.32 Å². The Balaban J connectivity index is 2.59. The molecule has 18 heavy (non-hydrogen) atoms. The van der Waals surface area contributed by atoms with Crippen molar-refractivity contribution in [2.75, 3.05) is 5.32 Å². The number of nitrogens with one attached hydrogen (secondary N) is 1. The van der Waals surface area contributed by atoms with Crippen LogP contribution in [0.2, 0.25) is 0 Å². The number of rotatable bonds is 5. The Labute approximate surface area is 103 Å². The van der Waals surface area contributed by atoms with Gasteiger partial charge in [-0.1, -0.05) is 13.0 Å². The lowest BCUT2D eigenvalue weighted by atomic mass is 10.0. The number of hydrogen-bond donors (Lipinski definition) is 2. The highest BCUT2D eigenvalue weighted by Gasteiger charge is 2.15. The molecule has 98 valence electrons. The summed E-state index contributed by atoms with van der Waals surface area (Å²) in [7, 11) is 0. The van der Waals surface area contributed by atoms with E-state index in [0.717, 1.165) is 6.07 Å². The lowest BCUT2D eigenvalue weighted by Gasteiger charge is -2.10. The van der Waals surface area contributed by atoms with E-state index >= 15 is 0 Å². The number of anilines is 1. The average Bonchev–Trinajstić information content (AvgIpc) is 2.23. The third-order valence-corrected chi connectivity index (χ3v) is 2.28. The molecule has 4 nitrogen and oxygen atoms in total. The number of amides is 1. The van der Waals surface area contributed by atoms with Gasteiger partial charge in [-0.3, -0.25) is 9.59 Å². The summed E-state index contributed by atoms with van der Waals surface area (Å²) >= 11 is 0.